The second kappa shape index (κ2) is 7.75. The molecule has 2 atom stereocenters. The summed E-state index contributed by atoms with van der Waals surface area (Å²) in [6, 6.07) is 17.8. The molecule has 0 aliphatic rings. The number of benzene rings is 2. The lowest BCUT2D eigenvalue weighted by molar-refractivity contribution is -0.174. The molecule has 0 saturated carbocycles. The number of hydrogen-bond acceptors (Lipinski definition) is 3. The van der Waals surface area contributed by atoms with Crippen molar-refractivity contribution >= 4 is 11.9 Å². The number of rotatable bonds is 8. The van der Waals surface area contributed by atoms with E-state index in [4.69, 9.17) is 0 Å². The fraction of sp³-hybridized carbons (Fsp3) is 0.263. The van der Waals surface area contributed by atoms with Gasteiger partial charge in [0.2, 0.25) is 0 Å². The number of aliphatic carboxylic acids is 2. The molecule has 3 N–H and O–H groups in total. The molecule has 126 valence electrons. The monoisotopic (exact) mass is 328 g/mol. The summed E-state index contributed by atoms with van der Waals surface area (Å²) in [7, 11) is 0. The molecule has 2 aromatic rings. The van der Waals surface area contributed by atoms with Gasteiger partial charge in [-0.15, -0.1) is 0 Å². The maximum Gasteiger partial charge on any atom is 0.336 e. The highest BCUT2D eigenvalue weighted by Gasteiger charge is 2.47. The zero-order valence-electron chi connectivity index (χ0n) is 13.1. The van der Waals surface area contributed by atoms with Crippen molar-refractivity contribution in [1.29, 1.82) is 0 Å². The molecule has 5 nitrogen and oxygen atoms in total. The van der Waals surface area contributed by atoms with Crippen LogP contribution in [-0.2, 0) is 22.4 Å². The lowest BCUT2D eigenvalue weighted by atomic mass is 9.79. The maximum atomic E-state index is 11.7. The SMILES string of the molecule is O=C(O)C(CCc1ccccc1)C(O)(Cc1ccccc1)C(=O)O. The molecular formula is C19H20O5. The van der Waals surface area contributed by atoms with Crippen LogP contribution < -0.4 is 0 Å². The molecule has 0 aliphatic carbocycles. The molecular weight excluding hydrogens is 308 g/mol. The van der Waals surface area contributed by atoms with E-state index in [0.29, 0.717) is 12.0 Å². The molecule has 0 heterocycles. The van der Waals surface area contributed by atoms with Gasteiger partial charge in [-0.3, -0.25) is 4.79 Å². The van der Waals surface area contributed by atoms with E-state index in [1.807, 2.05) is 30.3 Å². The normalized spacial score (nSPS) is 14.5. The van der Waals surface area contributed by atoms with Crippen LogP contribution in [0, 0.1) is 5.92 Å². The minimum atomic E-state index is -2.36. The van der Waals surface area contributed by atoms with Gasteiger partial charge in [-0.05, 0) is 24.0 Å². The fourth-order valence-electron chi connectivity index (χ4n) is 2.78. The third-order valence-corrected chi connectivity index (χ3v) is 4.13. The molecule has 0 amide bonds. The Morgan fingerprint density at radius 3 is 1.83 bits per heavy atom. The smallest absolute Gasteiger partial charge is 0.336 e. The molecule has 0 saturated heterocycles. The Morgan fingerprint density at radius 1 is 0.875 bits per heavy atom. The van der Waals surface area contributed by atoms with E-state index in [9.17, 15) is 24.9 Å². The summed E-state index contributed by atoms with van der Waals surface area (Å²) in [5.41, 5.74) is -0.883. The van der Waals surface area contributed by atoms with Crippen LogP contribution in [-0.4, -0.2) is 32.9 Å². The highest BCUT2D eigenvalue weighted by Crippen LogP contribution is 2.28. The summed E-state index contributed by atoms with van der Waals surface area (Å²) in [4.78, 5) is 23.3. The van der Waals surface area contributed by atoms with Crippen LogP contribution in [0.1, 0.15) is 17.5 Å². The standard InChI is InChI=1S/C19H20O5/c20-17(21)16(12-11-14-7-3-1-4-8-14)19(24,18(22)23)13-15-9-5-2-6-10-15/h1-10,16,24H,11-13H2,(H,20,21)(H,22,23). The number of carbonyl (C=O) groups is 2. The summed E-state index contributed by atoms with van der Waals surface area (Å²) in [5, 5.41) is 29.7. The molecule has 24 heavy (non-hydrogen) atoms. The first-order chi connectivity index (χ1) is 11.4. The van der Waals surface area contributed by atoms with Crippen LogP contribution in [0.15, 0.2) is 60.7 Å². The van der Waals surface area contributed by atoms with Gasteiger partial charge in [0.05, 0.1) is 5.92 Å². The van der Waals surface area contributed by atoms with Crippen molar-refractivity contribution in [3.63, 3.8) is 0 Å². The van der Waals surface area contributed by atoms with Gasteiger partial charge in [0.25, 0.3) is 0 Å². The Kier molecular flexibility index (Phi) is 5.71. The number of carboxylic acids is 2. The Bertz CT molecular complexity index is 683. The molecule has 0 radical (unpaired) electrons. The van der Waals surface area contributed by atoms with Crippen molar-refractivity contribution in [3.8, 4) is 0 Å². The van der Waals surface area contributed by atoms with Crippen molar-refractivity contribution < 1.29 is 24.9 Å². The molecule has 2 rings (SSSR count). The number of aliphatic hydroxyl groups is 1. The van der Waals surface area contributed by atoms with Gasteiger partial charge in [-0.1, -0.05) is 60.7 Å². The van der Waals surface area contributed by atoms with Crippen LogP contribution in [0.5, 0.6) is 0 Å². The summed E-state index contributed by atoms with van der Waals surface area (Å²) < 4.78 is 0. The predicted molar refractivity (Wildman–Crippen MR) is 88.6 cm³/mol. The van der Waals surface area contributed by atoms with E-state index in [2.05, 4.69) is 0 Å². The van der Waals surface area contributed by atoms with Crippen LogP contribution in [0.2, 0.25) is 0 Å². The molecule has 2 aromatic carbocycles. The summed E-state index contributed by atoms with van der Waals surface area (Å²) in [5.74, 6) is -4.24. The van der Waals surface area contributed by atoms with E-state index < -0.39 is 23.5 Å². The highest BCUT2D eigenvalue weighted by atomic mass is 16.4. The Hall–Kier alpha value is -2.66. The van der Waals surface area contributed by atoms with Crippen molar-refractivity contribution in [1.82, 2.24) is 0 Å². The average Bonchev–Trinajstić information content (AvgIpc) is 2.56. The Morgan fingerprint density at radius 2 is 1.38 bits per heavy atom. The highest BCUT2D eigenvalue weighted by molar-refractivity contribution is 5.86. The topological polar surface area (TPSA) is 94.8 Å². The quantitative estimate of drug-likeness (QED) is 0.691. The molecule has 5 heteroatoms. The predicted octanol–water partition coefficient (Wildman–Crippen LogP) is 2.38. The Labute approximate surface area is 140 Å². The van der Waals surface area contributed by atoms with Gasteiger partial charge in [0, 0.05) is 6.42 Å². The van der Waals surface area contributed by atoms with Gasteiger partial charge in [-0.2, -0.15) is 0 Å². The number of carboxylic acid groups (broad SMARTS) is 2. The first kappa shape index (κ1) is 17.7. The van der Waals surface area contributed by atoms with Gasteiger partial charge in [-0.25, -0.2) is 4.79 Å². The second-order valence-electron chi connectivity index (χ2n) is 5.81. The van der Waals surface area contributed by atoms with Gasteiger partial charge in [0.1, 0.15) is 0 Å². The van der Waals surface area contributed by atoms with Crippen molar-refractivity contribution in [2.75, 3.05) is 0 Å². The zero-order chi connectivity index (χ0) is 17.6. The maximum absolute atomic E-state index is 11.7. The van der Waals surface area contributed by atoms with Crippen LogP contribution in [0.25, 0.3) is 0 Å². The first-order valence-electron chi connectivity index (χ1n) is 7.70. The van der Waals surface area contributed by atoms with E-state index in [-0.39, 0.29) is 12.8 Å². The van der Waals surface area contributed by atoms with Crippen molar-refractivity contribution in [2.45, 2.75) is 24.9 Å². The van der Waals surface area contributed by atoms with Gasteiger partial charge >= 0.3 is 11.9 Å². The Balaban J connectivity index is 2.23. The molecule has 0 aromatic heterocycles. The summed E-state index contributed by atoms with van der Waals surface area (Å²) in [6.07, 6.45) is 0.159. The molecule has 2 unspecified atom stereocenters. The van der Waals surface area contributed by atoms with Crippen molar-refractivity contribution in [3.05, 3.63) is 71.8 Å². The van der Waals surface area contributed by atoms with Crippen LogP contribution in [0.4, 0.5) is 0 Å². The van der Waals surface area contributed by atoms with E-state index in [1.54, 1.807) is 30.3 Å². The summed E-state index contributed by atoms with van der Waals surface area (Å²) in [6.45, 7) is 0. The number of hydrogen-bond donors (Lipinski definition) is 3. The van der Waals surface area contributed by atoms with Gasteiger partial charge < -0.3 is 15.3 Å². The lowest BCUT2D eigenvalue weighted by Crippen LogP contribution is -2.51. The largest absolute Gasteiger partial charge is 0.481 e. The summed E-state index contributed by atoms with van der Waals surface area (Å²) >= 11 is 0. The molecule has 0 bridgehead atoms. The lowest BCUT2D eigenvalue weighted by Gasteiger charge is -2.30. The minimum absolute atomic E-state index is 0.0367. The third kappa shape index (κ3) is 4.20. The van der Waals surface area contributed by atoms with Crippen LogP contribution in [0.3, 0.4) is 0 Å². The third-order valence-electron chi connectivity index (χ3n) is 4.13. The van der Waals surface area contributed by atoms with Gasteiger partial charge in [0.15, 0.2) is 5.60 Å². The number of aryl methyl sites for hydroxylation is 1. The zero-order valence-corrected chi connectivity index (χ0v) is 13.1. The van der Waals surface area contributed by atoms with Crippen LogP contribution >= 0.6 is 0 Å². The molecule has 0 aliphatic heterocycles. The fourth-order valence-corrected chi connectivity index (χ4v) is 2.78. The second-order valence-corrected chi connectivity index (χ2v) is 5.81. The molecule has 0 fully saturated rings. The first-order valence-corrected chi connectivity index (χ1v) is 7.70. The van der Waals surface area contributed by atoms with E-state index in [1.165, 1.54) is 0 Å². The molecule has 0 spiro atoms. The average molecular weight is 328 g/mol. The van der Waals surface area contributed by atoms with Crippen molar-refractivity contribution in [2.24, 2.45) is 5.92 Å². The minimum Gasteiger partial charge on any atom is -0.481 e. The van der Waals surface area contributed by atoms with E-state index >= 15 is 0 Å². The van der Waals surface area contributed by atoms with E-state index in [0.717, 1.165) is 5.56 Å².